The van der Waals surface area contributed by atoms with Crippen molar-refractivity contribution < 1.29 is 4.79 Å². The lowest BCUT2D eigenvalue weighted by Crippen LogP contribution is -2.47. The van der Waals surface area contributed by atoms with Crippen molar-refractivity contribution in [3.63, 3.8) is 0 Å². The molecule has 1 N–H and O–H groups in total. The van der Waals surface area contributed by atoms with Crippen molar-refractivity contribution >= 4 is 5.91 Å². The average molecular weight is 197 g/mol. The van der Waals surface area contributed by atoms with Crippen LogP contribution in [0.4, 0.5) is 0 Å². The molecule has 0 aliphatic heterocycles. The highest BCUT2D eigenvalue weighted by atomic mass is 16.1. The van der Waals surface area contributed by atoms with E-state index >= 15 is 0 Å². The molecule has 0 heterocycles. The number of nitrogens with one attached hydrogen (secondary N) is 1. The van der Waals surface area contributed by atoms with Crippen molar-refractivity contribution in [3.05, 3.63) is 0 Å². The Morgan fingerprint density at radius 3 is 2.21 bits per heavy atom. The topological polar surface area (TPSA) is 29.1 Å². The molecule has 2 heteroatoms. The summed E-state index contributed by atoms with van der Waals surface area (Å²) in [5.41, 5.74) is 0.0667. The lowest BCUT2D eigenvalue weighted by molar-refractivity contribution is -0.121. The van der Waals surface area contributed by atoms with E-state index in [0.717, 1.165) is 24.7 Å². The van der Waals surface area contributed by atoms with E-state index in [2.05, 4.69) is 26.1 Å². The highest BCUT2D eigenvalue weighted by Gasteiger charge is 2.32. The second kappa shape index (κ2) is 4.33. The maximum Gasteiger partial charge on any atom is 0.217 e. The van der Waals surface area contributed by atoms with Gasteiger partial charge in [-0.05, 0) is 44.4 Å². The fraction of sp³-hybridized carbons (Fsp3) is 0.917. The van der Waals surface area contributed by atoms with Crippen LogP contribution in [0.5, 0.6) is 0 Å². The SMILES string of the molecule is CC(=O)N[C@]1(C)CC[C@H](C(C)C)CC1. The van der Waals surface area contributed by atoms with Crippen LogP contribution < -0.4 is 5.32 Å². The molecule has 0 atom stereocenters. The van der Waals surface area contributed by atoms with Crippen LogP contribution in [-0.2, 0) is 4.79 Å². The summed E-state index contributed by atoms with van der Waals surface area (Å²) in [5.74, 6) is 1.75. The van der Waals surface area contributed by atoms with Crippen LogP contribution in [0.2, 0.25) is 0 Å². The molecule has 1 fully saturated rings. The molecule has 0 spiro atoms. The number of hydrogen-bond acceptors (Lipinski definition) is 1. The molecule has 0 aromatic rings. The summed E-state index contributed by atoms with van der Waals surface area (Å²) in [6.45, 7) is 8.38. The largest absolute Gasteiger partial charge is 0.351 e. The second-order valence-electron chi connectivity index (χ2n) is 5.32. The van der Waals surface area contributed by atoms with Gasteiger partial charge in [0.05, 0.1) is 0 Å². The molecule has 82 valence electrons. The zero-order valence-electron chi connectivity index (χ0n) is 9.89. The Labute approximate surface area is 87.5 Å². The Balaban J connectivity index is 2.44. The third-order valence-electron chi connectivity index (χ3n) is 3.55. The van der Waals surface area contributed by atoms with Crippen LogP contribution in [0.15, 0.2) is 0 Å². The number of rotatable bonds is 2. The van der Waals surface area contributed by atoms with Gasteiger partial charge < -0.3 is 5.32 Å². The zero-order valence-corrected chi connectivity index (χ0v) is 9.89. The normalized spacial score (nSPS) is 33.1. The van der Waals surface area contributed by atoms with E-state index in [1.165, 1.54) is 12.8 Å². The van der Waals surface area contributed by atoms with E-state index in [9.17, 15) is 4.79 Å². The molecule has 14 heavy (non-hydrogen) atoms. The van der Waals surface area contributed by atoms with Crippen molar-refractivity contribution in [3.8, 4) is 0 Å². The van der Waals surface area contributed by atoms with Gasteiger partial charge in [-0.3, -0.25) is 4.79 Å². The minimum atomic E-state index is 0.0667. The maximum atomic E-state index is 11.0. The predicted molar refractivity (Wildman–Crippen MR) is 59.0 cm³/mol. The van der Waals surface area contributed by atoms with Gasteiger partial charge in [0.25, 0.3) is 0 Å². The van der Waals surface area contributed by atoms with Gasteiger partial charge in [-0.2, -0.15) is 0 Å². The molecule has 0 saturated heterocycles. The average Bonchev–Trinajstić information content (AvgIpc) is 2.02. The van der Waals surface area contributed by atoms with Crippen LogP contribution in [0.25, 0.3) is 0 Å². The van der Waals surface area contributed by atoms with Gasteiger partial charge in [0.15, 0.2) is 0 Å². The van der Waals surface area contributed by atoms with E-state index in [0.29, 0.717) is 0 Å². The summed E-state index contributed by atoms with van der Waals surface area (Å²) in [7, 11) is 0. The van der Waals surface area contributed by atoms with E-state index < -0.39 is 0 Å². The summed E-state index contributed by atoms with van der Waals surface area (Å²) in [6, 6.07) is 0. The van der Waals surface area contributed by atoms with Crippen molar-refractivity contribution in [2.75, 3.05) is 0 Å². The highest BCUT2D eigenvalue weighted by Crippen LogP contribution is 2.35. The van der Waals surface area contributed by atoms with Gasteiger partial charge in [0.1, 0.15) is 0 Å². The van der Waals surface area contributed by atoms with Crippen LogP contribution in [0.1, 0.15) is 53.4 Å². The van der Waals surface area contributed by atoms with Gasteiger partial charge in [-0.25, -0.2) is 0 Å². The number of carbonyl (C=O) groups excluding carboxylic acids is 1. The molecule has 1 aliphatic rings. The van der Waals surface area contributed by atoms with Gasteiger partial charge in [0.2, 0.25) is 5.91 Å². The third-order valence-corrected chi connectivity index (χ3v) is 3.55. The Morgan fingerprint density at radius 1 is 1.36 bits per heavy atom. The second-order valence-corrected chi connectivity index (χ2v) is 5.32. The summed E-state index contributed by atoms with van der Waals surface area (Å²) in [6.07, 6.45) is 4.79. The minimum absolute atomic E-state index is 0.0667. The van der Waals surface area contributed by atoms with Gasteiger partial charge >= 0.3 is 0 Å². The maximum absolute atomic E-state index is 11.0. The molecular weight excluding hydrogens is 174 g/mol. The van der Waals surface area contributed by atoms with E-state index in [4.69, 9.17) is 0 Å². The van der Waals surface area contributed by atoms with E-state index in [-0.39, 0.29) is 11.4 Å². The number of amides is 1. The summed E-state index contributed by atoms with van der Waals surface area (Å²) < 4.78 is 0. The Bertz CT molecular complexity index is 202. The summed E-state index contributed by atoms with van der Waals surface area (Å²) in [5, 5.41) is 3.08. The van der Waals surface area contributed by atoms with Gasteiger partial charge in [-0.1, -0.05) is 13.8 Å². The van der Waals surface area contributed by atoms with E-state index in [1.807, 2.05) is 0 Å². The lowest BCUT2D eigenvalue weighted by Gasteiger charge is -2.39. The quantitative estimate of drug-likeness (QED) is 0.724. The molecule has 0 aromatic carbocycles. The highest BCUT2D eigenvalue weighted by molar-refractivity contribution is 5.73. The monoisotopic (exact) mass is 197 g/mol. The summed E-state index contributed by atoms with van der Waals surface area (Å²) in [4.78, 5) is 11.0. The minimum Gasteiger partial charge on any atom is -0.351 e. The first kappa shape index (κ1) is 11.5. The molecule has 1 saturated carbocycles. The van der Waals surface area contributed by atoms with Crippen LogP contribution in [0.3, 0.4) is 0 Å². The Hall–Kier alpha value is -0.530. The Morgan fingerprint density at radius 2 is 1.86 bits per heavy atom. The third kappa shape index (κ3) is 3.00. The zero-order chi connectivity index (χ0) is 10.8. The number of hydrogen-bond donors (Lipinski definition) is 1. The molecular formula is C12H23NO. The first-order valence-electron chi connectivity index (χ1n) is 5.72. The first-order valence-corrected chi connectivity index (χ1v) is 5.72. The standard InChI is InChI=1S/C12H23NO/c1-9(2)11-5-7-12(4,8-6-11)13-10(3)14/h9,11H,5-8H2,1-4H3,(H,13,14)/t11-,12+. The van der Waals surface area contributed by atoms with Crippen molar-refractivity contribution in [2.45, 2.75) is 58.9 Å². The van der Waals surface area contributed by atoms with Crippen molar-refractivity contribution in [1.82, 2.24) is 5.32 Å². The lowest BCUT2D eigenvalue weighted by atomic mass is 9.73. The molecule has 0 radical (unpaired) electrons. The first-order chi connectivity index (χ1) is 6.43. The summed E-state index contributed by atoms with van der Waals surface area (Å²) >= 11 is 0. The van der Waals surface area contributed by atoms with Gasteiger partial charge in [-0.15, -0.1) is 0 Å². The predicted octanol–water partition coefficient (Wildman–Crippen LogP) is 2.73. The Kier molecular flexibility index (Phi) is 3.57. The molecule has 0 bridgehead atoms. The fourth-order valence-corrected chi connectivity index (χ4v) is 2.49. The molecule has 1 amide bonds. The molecule has 0 aromatic heterocycles. The molecule has 1 rings (SSSR count). The van der Waals surface area contributed by atoms with Crippen LogP contribution in [0, 0.1) is 11.8 Å². The molecule has 0 unspecified atom stereocenters. The molecule has 1 aliphatic carbocycles. The van der Waals surface area contributed by atoms with E-state index in [1.54, 1.807) is 6.92 Å². The van der Waals surface area contributed by atoms with Crippen molar-refractivity contribution in [2.24, 2.45) is 11.8 Å². The smallest absolute Gasteiger partial charge is 0.217 e. The fourth-order valence-electron chi connectivity index (χ4n) is 2.49. The van der Waals surface area contributed by atoms with Crippen molar-refractivity contribution in [1.29, 1.82) is 0 Å². The van der Waals surface area contributed by atoms with Crippen LogP contribution >= 0.6 is 0 Å². The number of carbonyl (C=O) groups is 1. The van der Waals surface area contributed by atoms with Crippen LogP contribution in [-0.4, -0.2) is 11.4 Å². The van der Waals surface area contributed by atoms with Gasteiger partial charge in [0, 0.05) is 12.5 Å². The molecule has 2 nitrogen and oxygen atoms in total.